The summed E-state index contributed by atoms with van der Waals surface area (Å²) in [4.78, 5) is 16.1. The number of hydrogen-bond donors (Lipinski definition) is 1. The predicted molar refractivity (Wildman–Crippen MR) is 103 cm³/mol. The van der Waals surface area contributed by atoms with Crippen LogP contribution in [0.3, 0.4) is 0 Å². The standard InChI is InChI=1S/C16H14ClF2N5O4S2/c1-16(3-4-16)23-30(26,27)7-5-8(17)10-9(15(25)28-2)20-12(24(10)6-7)14-22-21-13(29-14)11(18)19/h5-6,11,23H,3-4H2,1-2H3. The molecule has 30 heavy (non-hydrogen) atoms. The summed E-state index contributed by atoms with van der Waals surface area (Å²) in [6.45, 7) is 1.77. The van der Waals surface area contributed by atoms with Crippen LogP contribution in [0, 0.1) is 0 Å². The van der Waals surface area contributed by atoms with Gasteiger partial charge in [0.25, 0.3) is 6.43 Å². The molecule has 0 spiro atoms. The number of alkyl halides is 2. The molecule has 4 rings (SSSR count). The predicted octanol–water partition coefficient (Wildman–Crippen LogP) is 3.06. The lowest BCUT2D eigenvalue weighted by Crippen LogP contribution is -2.34. The Labute approximate surface area is 178 Å². The van der Waals surface area contributed by atoms with E-state index in [9.17, 15) is 22.0 Å². The summed E-state index contributed by atoms with van der Waals surface area (Å²) < 4.78 is 60.0. The van der Waals surface area contributed by atoms with Crippen LogP contribution < -0.4 is 4.72 Å². The highest BCUT2D eigenvalue weighted by Crippen LogP contribution is 2.37. The first kappa shape index (κ1) is 21.0. The minimum Gasteiger partial charge on any atom is -0.464 e. The lowest BCUT2D eigenvalue weighted by molar-refractivity contribution is 0.0597. The number of nitrogens with zero attached hydrogens (tertiary/aromatic N) is 4. The molecule has 1 fully saturated rings. The van der Waals surface area contributed by atoms with E-state index in [2.05, 4.69) is 19.9 Å². The molecule has 1 aliphatic rings. The first-order valence-electron chi connectivity index (χ1n) is 8.50. The highest BCUT2D eigenvalue weighted by molar-refractivity contribution is 7.89. The van der Waals surface area contributed by atoms with Gasteiger partial charge in [-0.1, -0.05) is 22.9 Å². The van der Waals surface area contributed by atoms with Gasteiger partial charge in [-0.25, -0.2) is 31.7 Å². The van der Waals surface area contributed by atoms with Crippen molar-refractivity contribution in [2.24, 2.45) is 0 Å². The fourth-order valence-electron chi connectivity index (χ4n) is 2.77. The highest BCUT2D eigenvalue weighted by Gasteiger charge is 2.41. The third kappa shape index (κ3) is 3.66. The van der Waals surface area contributed by atoms with Crippen molar-refractivity contribution in [3.63, 3.8) is 0 Å². The number of sulfonamides is 1. The Morgan fingerprint density at radius 3 is 2.67 bits per heavy atom. The molecule has 0 atom stereocenters. The van der Waals surface area contributed by atoms with Gasteiger partial charge >= 0.3 is 5.97 Å². The normalized spacial score (nSPS) is 15.7. The van der Waals surface area contributed by atoms with Crippen molar-refractivity contribution in [2.75, 3.05) is 7.11 Å². The average Bonchev–Trinajstić information content (AvgIpc) is 3.10. The number of ether oxygens (including phenoxy) is 1. The van der Waals surface area contributed by atoms with Gasteiger partial charge in [-0.3, -0.25) is 4.40 Å². The Balaban J connectivity index is 1.94. The van der Waals surface area contributed by atoms with Crippen molar-refractivity contribution in [1.29, 1.82) is 0 Å². The van der Waals surface area contributed by atoms with Crippen molar-refractivity contribution in [3.8, 4) is 10.8 Å². The number of methoxy groups -OCH3 is 1. The van der Waals surface area contributed by atoms with Crippen molar-refractivity contribution in [1.82, 2.24) is 24.3 Å². The maximum atomic E-state index is 12.9. The first-order valence-corrected chi connectivity index (χ1v) is 11.2. The summed E-state index contributed by atoms with van der Waals surface area (Å²) in [6.07, 6.45) is -0.239. The highest BCUT2D eigenvalue weighted by atomic mass is 35.5. The van der Waals surface area contributed by atoms with Crippen LogP contribution in [0.15, 0.2) is 17.2 Å². The zero-order valence-corrected chi connectivity index (χ0v) is 17.9. The molecule has 0 aromatic carbocycles. The van der Waals surface area contributed by atoms with Crippen molar-refractivity contribution < 1.29 is 26.7 Å². The second-order valence-corrected chi connectivity index (χ2v) is 10.0. The molecular formula is C16H14ClF2N5O4S2. The van der Waals surface area contributed by atoms with E-state index < -0.39 is 33.0 Å². The number of carbonyl (C=O) groups is 1. The number of fused-ring (bicyclic) bond motifs is 1. The summed E-state index contributed by atoms with van der Waals surface area (Å²) in [6, 6.07) is 1.19. The van der Waals surface area contributed by atoms with E-state index in [0.29, 0.717) is 24.2 Å². The van der Waals surface area contributed by atoms with E-state index >= 15 is 0 Å². The summed E-state index contributed by atoms with van der Waals surface area (Å²) in [7, 11) is -2.81. The number of nitrogens with one attached hydrogen (secondary N) is 1. The topological polar surface area (TPSA) is 116 Å². The summed E-state index contributed by atoms with van der Waals surface area (Å²) in [5, 5.41) is 6.43. The Kier molecular flexibility index (Phi) is 5.03. The molecule has 1 saturated carbocycles. The molecule has 0 amide bonds. The van der Waals surface area contributed by atoms with E-state index in [-0.39, 0.29) is 32.0 Å². The van der Waals surface area contributed by atoms with Crippen LogP contribution in [0.4, 0.5) is 8.78 Å². The monoisotopic (exact) mass is 477 g/mol. The van der Waals surface area contributed by atoms with Crippen molar-refractivity contribution in [3.05, 3.63) is 28.0 Å². The molecule has 3 heterocycles. The minimum absolute atomic E-state index is 0.0387. The number of aromatic nitrogens is 4. The van der Waals surface area contributed by atoms with E-state index in [1.165, 1.54) is 16.7 Å². The molecule has 9 nitrogen and oxygen atoms in total. The molecule has 1 aliphatic carbocycles. The Morgan fingerprint density at radius 2 is 2.10 bits per heavy atom. The van der Waals surface area contributed by atoms with E-state index in [4.69, 9.17) is 16.3 Å². The Morgan fingerprint density at radius 1 is 1.40 bits per heavy atom. The smallest absolute Gasteiger partial charge is 0.359 e. The fraction of sp³-hybridized carbons (Fsp3) is 0.375. The molecule has 160 valence electrons. The van der Waals surface area contributed by atoms with Crippen molar-refractivity contribution in [2.45, 2.75) is 36.6 Å². The molecule has 3 aromatic rings. The van der Waals surface area contributed by atoms with E-state index in [0.717, 1.165) is 7.11 Å². The van der Waals surface area contributed by atoms with E-state index in [1.807, 2.05) is 0 Å². The number of imidazole rings is 1. The molecule has 0 bridgehead atoms. The zero-order chi connectivity index (χ0) is 21.8. The lowest BCUT2D eigenvalue weighted by Gasteiger charge is -2.13. The molecule has 0 radical (unpaired) electrons. The molecule has 0 saturated heterocycles. The van der Waals surface area contributed by atoms with Crippen LogP contribution in [0.25, 0.3) is 16.3 Å². The summed E-state index contributed by atoms with van der Waals surface area (Å²) >= 11 is 6.87. The van der Waals surface area contributed by atoms with Crippen LogP contribution in [-0.2, 0) is 14.8 Å². The quantitative estimate of drug-likeness (QED) is 0.542. The second kappa shape index (κ2) is 7.18. The van der Waals surface area contributed by atoms with Crippen LogP contribution in [0.1, 0.15) is 41.7 Å². The molecule has 0 unspecified atom stereocenters. The molecule has 3 aromatic heterocycles. The van der Waals surface area contributed by atoms with Gasteiger partial charge in [0.1, 0.15) is 4.90 Å². The van der Waals surface area contributed by atoms with Gasteiger partial charge in [0.15, 0.2) is 21.5 Å². The van der Waals surface area contributed by atoms with Gasteiger partial charge in [-0.2, -0.15) is 0 Å². The fourth-order valence-corrected chi connectivity index (χ4v) is 5.30. The van der Waals surface area contributed by atoms with Crippen LogP contribution in [0.2, 0.25) is 5.02 Å². The van der Waals surface area contributed by atoms with Gasteiger partial charge < -0.3 is 4.74 Å². The number of halogens is 3. The molecule has 14 heteroatoms. The number of rotatable bonds is 6. The SMILES string of the molecule is COC(=O)c1nc(-c2nnc(C(F)F)s2)n2cc(S(=O)(=O)NC3(C)CC3)cc(Cl)c12. The molecule has 1 N–H and O–H groups in total. The van der Waals surface area contributed by atoms with Crippen molar-refractivity contribution >= 4 is 44.4 Å². The first-order chi connectivity index (χ1) is 14.0. The second-order valence-electron chi connectivity index (χ2n) is 6.93. The van der Waals surface area contributed by atoms with Gasteiger partial charge in [0.05, 0.1) is 17.6 Å². The van der Waals surface area contributed by atoms with Gasteiger partial charge in [-0.05, 0) is 25.8 Å². The summed E-state index contributed by atoms with van der Waals surface area (Å²) in [5.41, 5.74) is -0.679. The van der Waals surface area contributed by atoms with Gasteiger partial charge in [0.2, 0.25) is 10.0 Å². The molecular weight excluding hydrogens is 464 g/mol. The van der Waals surface area contributed by atoms with E-state index in [1.54, 1.807) is 6.92 Å². The third-order valence-corrected chi connectivity index (χ3v) is 7.37. The average molecular weight is 478 g/mol. The summed E-state index contributed by atoms with van der Waals surface area (Å²) in [5.74, 6) is -0.898. The van der Waals surface area contributed by atoms with Crippen LogP contribution >= 0.6 is 22.9 Å². The lowest BCUT2D eigenvalue weighted by atomic mass is 10.3. The third-order valence-electron chi connectivity index (χ3n) is 4.55. The zero-order valence-electron chi connectivity index (χ0n) is 15.5. The largest absolute Gasteiger partial charge is 0.464 e. The van der Waals surface area contributed by atoms with Gasteiger partial charge in [-0.15, -0.1) is 10.2 Å². The van der Waals surface area contributed by atoms with Crippen LogP contribution in [0.5, 0.6) is 0 Å². The number of carbonyl (C=O) groups excluding carboxylic acids is 1. The Hall–Kier alpha value is -2.22. The maximum Gasteiger partial charge on any atom is 0.359 e. The molecule has 0 aliphatic heterocycles. The number of esters is 1. The number of hydrogen-bond acceptors (Lipinski definition) is 8. The Bertz CT molecular complexity index is 1270. The minimum atomic E-state index is -3.95. The maximum absolute atomic E-state index is 12.9. The van der Waals surface area contributed by atoms with Gasteiger partial charge in [0, 0.05) is 11.7 Å². The number of pyridine rings is 1. The van der Waals surface area contributed by atoms with Crippen LogP contribution in [-0.4, -0.2) is 46.6 Å².